The fourth-order valence-electron chi connectivity index (χ4n) is 1.73. The lowest BCUT2D eigenvalue weighted by Gasteiger charge is -2.04. The Morgan fingerprint density at radius 2 is 1.90 bits per heavy atom. The summed E-state index contributed by atoms with van der Waals surface area (Å²) in [6.07, 6.45) is 3.14. The van der Waals surface area contributed by atoms with Crippen molar-refractivity contribution in [2.24, 2.45) is 0 Å². The van der Waals surface area contributed by atoms with E-state index in [-0.39, 0.29) is 5.91 Å². The van der Waals surface area contributed by atoms with Crippen molar-refractivity contribution in [3.63, 3.8) is 0 Å². The predicted molar refractivity (Wildman–Crippen MR) is 83.9 cm³/mol. The van der Waals surface area contributed by atoms with Crippen molar-refractivity contribution in [3.8, 4) is 0 Å². The number of fused-ring (bicyclic) bond motifs is 1. The van der Waals surface area contributed by atoms with Gasteiger partial charge in [-0.15, -0.1) is 11.3 Å². The minimum absolute atomic E-state index is 0.255. The summed E-state index contributed by atoms with van der Waals surface area (Å²) < 4.78 is 0.949. The largest absolute Gasteiger partial charge is 0.396 e. The van der Waals surface area contributed by atoms with E-state index in [1.165, 1.54) is 11.3 Å². The Morgan fingerprint density at radius 1 is 1.20 bits per heavy atom. The third-order valence-corrected chi connectivity index (χ3v) is 4.30. The van der Waals surface area contributed by atoms with Crippen LogP contribution in [0, 0.1) is 0 Å². The zero-order valence-electron chi connectivity index (χ0n) is 10.1. The number of carbonyl (C=O) groups excluding carboxylic acids is 1. The van der Waals surface area contributed by atoms with Crippen LogP contribution in [0.1, 0.15) is 9.67 Å². The molecule has 0 spiro atoms. The molecule has 0 saturated carbocycles. The lowest BCUT2D eigenvalue weighted by Crippen LogP contribution is -2.11. The molecule has 1 amide bonds. The standard InChI is InChI=1S/C13H9BrN4OS/c14-7-1-3-8(4-2-7)18-12(19)11-9(15)10-13(20-11)17-6-5-16-10/h1-6H,15H2,(H,18,19). The first-order valence-electron chi connectivity index (χ1n) is 5.71. The molecule has 20 heavy (non-hydrogen) atoms. The van der Waals surface area contributed by atoms with Crippen molar-refractivity contribution < 1.29 is 4.79 Å². The number of rotatable bonds is 2. The molecule has 0 aliphatic carbocycles. The van der Waals surface area contributed by atoms with E-state index in [2.05, 4.69) is 31.2 Å². The van der Waals surface area contributed by atoms with Crippen LogP contribution in [0.5, 0.6) is 0 Å². The summed E-state index contributed by atoms with van der Waals surface area (Å²) in [6, 6.07) is 7.32. The average Bonchev–Trinajstić information content (AvgIpc) is 2.79. The normalized spacial score (nSPS) is 10.7. The predicted octanol–water partition coefficient (Wildman–Crippen LogP) is 3.29. The molecule has 3 aromatic rings. The average molecular weight is 349 g/mol. The van der Waals surface area contributed by atoms with Crippen molar-refractivity contribution in [2.45, 2.75) is 0 Å². The van der Waals surface area contributed by atoms with Crippen molar-refractivity contribution in [3.05, 3.63) is 46.0 Å². The maximum atomic E-state index is 12.2. The van der Waals surface area contributed by atoms with Gasteiger partial charge in [-0.2, -0.15) is 0 Å². The van der Waals surface area contributed by atoms with Crippen molar-refractivity contribution in [2.75, 3.05) is 11.1 Å². The second-order valence-electron chi connectivity index (χ2n) is 4.02. The number of aromatic nitrogens is 2. The summed E-state index contributed by atoms with van der Waals surface area (Å²) >= 11 is 4.58. The van der Waals surface area contributed by atoms with Gasteiger partial charge in [-0.05, 0) is 24.3 Å². The monoisotopic (exact) mass is 348 g/mol. The second-order valence-corrected chi connectivity index (χ2v) is 5.93. The lowest BCUT2D eigenvalue weighted by atomic mass is 10.3. The van der Waals surface area contributed by atoms with Gasteiger partial charge >= 0.3 is 0 Å². The highest BCUT2D eigenvalue weighted by Crippen LogP contribution is 2.31. The highest BCUT2D eigenvalue weighted by molar-refractivity contribution is 9.10. The smallest absolute Gasteiger partial charge is 0.268 e. The molecule has 7 heteroatoms. The molecule has 5 nitrogen and oxygen atoms in total. The van der Waals surface area contributed by atoms with E-state index in [1.54, 1.807) is 12.4 Å². The minimum Gasteiger partial charge on any atom is -0.396 e. The van der Waals surface area contributed by atoms with Gasteiger partial charge in [0.05, 0.1) is 5.69 Å². The van der Waals surface area contributed by atoms with Crippen molar-refractivity contribution in [1.82, 2.24) is 9.97 Å². The molecular formula is C13H9BrN4OS. The number of hydrogen-bond acceptors (Lipinski definition) is 5. The van der Waals surface area contributed by atoms with E-state index in [1.807, 2.05) is 24.3 Å². The van der Waals surface area contributed by atoms with Gasteiger partial charge in [0.1, 0.15) is 15.2 Å². The SMILES string of the molecule is Nc1c(C(=O)Nc2ccc(Br)cc2)sc2nccnc12. The Labute approximate surface area is 127 Å². The van der Waals surface area contributed by atoms with Gasteiger partial charge in [0.15, 0.2) is 0 Å². The van der Waals surface area contributed by atoms with Gasteiger partial charge in [0.25, 0.3) is 5.91 Å². The van der Waals surface area contributed by atoms with E-state index >= 15 is 0 Å². The molecule has 3 rings (SSSR count). The molecule has 0 aliphatic rings. The van der Waals surface area contributed by atoms with Crippen LogP contribution in [0.25, 0.3) is 10.3 Å². The molecule has 2 aromatic heterocycles. The maximum absolute atomic E-state index is 12.2. The second kappa shape index (κ2) is 5.18. The van der Waals surface area contributed by atoms with E-state index in [0.29, 0.717) is 26.6 Å². The zero-order valence-corrected chi connectivity index (χ0v) is 12.5. The Balaban J connectivity index is 1.92. The van der Waals surface area contributed by atoms with Crippen LogP contribution in [0.3, 0.4) is 0 Å². The summed E-state index contributed by atoms with van der Waals surface area (Å²) in [5, 5.41) is 2.80. The fourth-order valence-corrected chi connectivity index (χ4v) is 2.91. The van der Waals surface area contributed by atoms with Crippen LogP contribution in [0.4, 0.5) is 11.4 Å². The summed E-state index contributed by atoms with van der Waals surface area (Å²) in [7, 11) is 0. The topological polar surface area (TPSA) is 80.9 Å². The third-order valence-electron chi connectivity index (χ3n) is 2.67. The van der Waals surface area contributed by atoms with Crippen LogP contribution < -0.4 is 11.1 Å². The first-order chi connectivity index (χ1) is 9.65. The van der Waals surface area contributed by atoms with Crippen LogP contribution >= 0.6 is 27.3 Å². The molecule has 0 bridgehead atoms. The molecular weight excluding hydrogens is 340 g/mol. The number of thiophene rings is 1. The number of nitrogens with zero attached hydrogens (tertiary/aromatic N) is 2. The molecule has 0 saturated heterocycles. The van der Waals surface area contributed by atoms with Gasteiger partial charge in [-0.3, -0.25) is 4.79 Å². The van der Waals surface area contributed by atoms with Gasteiger partial charge in [0, 0.05) is 22.6 Å². The first kappa shape index (κ1) is 13.0. The summed E-state index contributed by atoms with van der Waals surface area (Å²) in [5.41, 5.74) is 7.60. The van der Waals surface area contributed by atoms with Crippen LogP contribution in [0.2, 0.25) is 0 Å². The van der Waals surface area contributed by atoms with E-state index < -0.39 is 0 Å². The summed E-state index contributed by atoms with van der Waals surface area (Å²) in [4.78, 5) is 21.6. The number of nitrogens with one attached hydrogen (secondary N) is 1. The Morgan fingerprint density at radius 3 is 2.60 bits per heavy atom. The van der Waals surface area contributed by atoms with Crippen LogP contribution in [0.15, 0.2) is 41.1 Å². The lowest BCUT2D eigenvalue weighted by molar-refractivity contribution is 0.103. The number of hydrogen-bond donors (Lipinski definition) is 2. The Kier molecular flexibility index (Phi) is 3.37. The molecule has 0 unspecified atom stereocenters. The van der Waals surface area contributed by atoms with E-state index in [4.69, 9.17) is 5.73 Å². The van der Waals surface area contributed by atoms with Crippen molar-refractivity contribution in [1.29, 1.82) is 0 Å². The molecule has 3 N–H and O–H groups in total. The Hall–Kier alpha value is -1.99. The summed E-state index contributed by atoms with van der Waals surface area (Å²) in [6.45, 7) is 0. The maximum Gasteiger partial charge on any atom is 0.268 e. The quantitative estimate of drug-likeness (QED) is 0.744. The molecule has 0 radical (unpaired) electrons. The van der Waals surface area contributed by atoms with Gasteiger partial charge in [0.2, 0.25) is 0 Å². The number of anilines is 2. The van der Waals surface area contributed by atoms with Crippen LogP contribution in [-0.4, -0.2) is 15.9 Å². The third kappa shape index (κ3) is 2.37. The number of nitrogens with two attached hydrogens (primary N) is 1. The number of amides is 1. The van der Waals surface area contributed by atoms with Crippen molar-refractivity contribution >= 4 is 54.9 Å². The van der Waals surface area contributed by atoms with Crippen LogP contribution in [-0.2, 0) is 0 Å². The molecule has 0 aliphatic heterocycles. The molecule has 1 aromatic carbocycles. The zero-order chi connectivity index (χ0) is 14.1. The summed E-state index contributed by atoms with van der Waals surface area (Å²) in [5.74, 6) is -0.255. The highest BCUT2D eigenvalue weighted by Gasteiger charge is 2.17. The van der Waals surface area contributed by atoms with Gasteiger partial charge in [-0.25, -0.2) is 9.97 Å². The molecule has 2 heterocycles. The van der Waals surface area contributed by atoms with Gasteiger partial charge < -0.3 is 11.1 Å². The number of nitrogen functional groups attached to an aromatic ring is 1. The fraction of sp³-hybridized carbons (Fsp3) is 0. The van der Waals surface area contributed by atoms with E-state index in [0.717, 1.165) is 4.47 Å². The Bertz CT molecular complexity index is 785. The van der Waals surface area contributed by atoms with Gasteiger partial charge in [-0.1, -0.05) is 15.9 Å². The number of carbonyl (C=O) groups is 1. The van der Waals surface area contributed by atoms with E-state index in [9.17, 15) is 4.79 Å². The number of benzene rings is 1. The molecule has 0 fully saturated rings. The minimum atomic E-state index is -0.255. The molecule has 100 valence electrons. The number of halogens is 1. The highest BCUT2D eigenvalue weighted by atomic mass is 79.9. The first-order valence-corrected chi connectivity index (χ1v) is 7.32. The molecule has 0 atom stereocenters.